The van der Waals surface area contributed by atoms with Crippen LogP contribution in [0, 0.1) is 17.8 Å². The van der Waals surface area contributed by atoms with E-state index in [2.05, 4.69) is 5.32 Å². The molecule has 0 saturated carbocycles. The number of nitrogens with zero attached hydrogens (tertiary/aromatic N) is 1. The van der Waals surface area contributed by atoms with Crippen LogP contribution in [0.25, 0.3) is 0 Å². The summed E-state index contributed by atoms with van der Waals surface area (Å²) in [7, 11) is 6.95. The molecule has 0 aliphatic carbocycles. The molecule has 336 valence electrons. The van der Waals surface area contributed by atoms with Gasteiger partial charge in [-0.25, -0.2) is 0 Å². The molecule has 18 atom stereocenters. The maximum Gasteiger partial charge on any atom is 0.311 e. The van der Waals surface area contributed by atoms with Crippen LogP contribution in [0.5, 0.6) is 0 Å². The van der Waals surface area contributed by atoms with E-state index in [4.69, 9.17) is 33.2 Å². The summed E-state index contributed by atoms with van der Waals surface area (Å²) in [6, 6.07) is -0.594. The van der Waals surface area contributed by atoms with Gasteiger partial charge in [0.1, 0.15) is 29.0 Å². The average Bonchev–Trinajstić information content (AvgIpc) is 3.14. The first-order chi connectivity index (χ1) is 26.4. The quantitative estimate of drug-likeness (QED) is 0.124. The fraction of sp³-hybridized carbons (Fsp3) is 0.976. The second kappa shape index (κ2) is 20.7. The highest BCUT2D eigenvalue weighted by Gasteiger charge is 2.58. The minimum atomic E-state index is -1.79. The Hall–Kier alpha value is -1.05. The van der Waals surface area contributed by atoms with Gasteiger partial charge in [-0.1, -0.05) is 20.8 Å². The lowest BCUT2D eigenvalue weighted by Gasteiger charge is -2.54. The van der Waals surface area contributed by atoms with Crippen LogP contribution >= 0.6 is 0 Å². The van der Waals surface area contributed by atoms with Crippen molar-refractivity contribution in [3.05, 3.63) is 0 Å². The van der Waals surface area contributed by atoms with Gasteiger partial charge in [-0.15, -0.1) is 0 Å². The molecule has 6 N–H and O–H groups in total. The van der Waals surface area contributed by atoms with Gasteiger partial charge in [-0.2, -0.15) is 0 Å². The minimum Gasteiger partial charge on any atom is -0.459 e. The topological polar surface area (TPSA) is 198 Å². The van der Waals surface area contributed by atoms with Gasteiger partial charge in [0, 0.05) is 51.8 Å². The van der Waals surface area contributed by atoms with Crippen LogP contribution in [0.15, 0.2) is 0 Å². The zero-order chi connectivity index (χ0) is 43.3. The summed E-state index contributed by atoms with van der Waals surface area (Å²) in [5.74, 6) is -2.96. The van der Waals surface area contributed by atoms with Gasteiger partial charge in [-0.3, -0.25) is 4.79 Å². The Morgan fingerprint density at radius 1 is 0.930 bits per heavy atom. The number of hydrogen-bond acceptors (Lipinski definition) is 15. The van der Waals surface area contributed by atoms with Gasteiger partial charge in [-0.05, 0) is 107 Å². The molecule has 3 rings (SSSR count). The van der Waals surface area contributed by atoms with Crippen molar-refractivity contribution >= 4 is 5.97 Å². The van der Waals surface area contributed by atoms with Crippen molar-refractivity contribution in [1.29, 1.82) is 0 Å². The molecule has 1 unspecified atom stereocenters. The van der Waals surface area contributed by atoms with Gasteiger partial charge in [0.25, 0.3) is 0 Å². The lowest BCUT2D eigenvalue weighted by molar-refractivity contribution is -0.338. The van der Waals surface area contributed by atoms with Gasteiger partial charge >= 0.3 is 5.97 Å². The van der Waals surface area contributed by atoms with Crippen LogP contribution in [0.3, 0.4) is 0 Å². The number of aliphatic hydroxyl groups is 5. The van der Waals surface area contributed by atoms with Crippen molar-refractivity contribution in [3.63, 3.8) is 0 Å². The Morgan fingerprint density at radius 2 is 1.58 bits per heavy atom. The van der Waals surface area contributed by atoms with Crippen molar-refractivity contribution in [2.24, 2.45) is 17.8 Å². The highest BCUT2D eigenvalue weighted by molar-refractivity contribution is 5.73. The summed E-state index contributed by atoms with van der Waals surface area (Å²) < 4.78 is 43.6. The zero-order valence-electron chi connectivity index (χ0n) is 37.4. The molecule has 3 heterocycles. The van der Waals surface area contributed by atoms with Crippen molar-refractivity contribution in [3.8, 4) is 0 Å². The number of ether oxygens (including phenoxy) is 7. The van der Waals surface area contributed by atoms with E-state index < -0.39 is 95.3 Å². The lowest BCUT2D eigenvalue weighted by atomic mass is 9.72. The Kier molecular flexibility index (Phi) is 18.2. The maximum atomic E-state index is 14.3. The third-order valence-electron chi connectivity index (χ3n) is 13.4. The predicted octanol–water partition coefficient (Wildman–Crippen LogP) is 2.75. The van der Waals surface area contributed by atoms with Crippen LogP contribution in [0.2, 0.25) is 0 Å². The molecule has 15 heteroatoms. The Bertz CT molecular complexity index is 1240. The summed E-state index contributed by atoms with van der Waals surface area (Å²) in [6.07, 6.45) is -5.78. The van der Waals surface area contributed by atoms with E-state index in [1.165, 1.54) is 6.92 Å². The first-order valence-electron chi connectivity index (χ1n) is 21.2. The van der Waals surface area contributed by atoms with Crippen molar-refractivity contribution in [1.82, 2.24) is 10.2 Å². The molecule has 3 fully saturated rings. The van der Waals surface area contributed by atoms with Crippen molar-refractivity contribution < 1.29 is 63.5 Å². The van der Waals surface area contributed by atoms with Gasteiger partial charge < -0.3 is 68.9 Å². The molecular weight excluding hydrogens is 740 g/mol. The second-order valence-electron chi connectivity index (χ2n) is 18.5. The number of carbonyl (C=O) groups is 1. The fourth-order valence-electron chi connectivity index (χ4n) is 9.51. The van der Waals surface area contributed by atoms with Gasteiger partial charge in [0.2, 0.25) is 0 Å². The molecule has 0 spiro atoms. The molecule has 3 saturated heterocycles. The number of unbranched alkanes of at least 4 members (excludes halogenated alkanes) is 1. The standard InChI is InChI=1S/C42H80N2O13/c1-15-31-41(10,49)35(46)24(2)23-43-25(3)21-39(8,48)36(57-38-33(45)30(44(11)12)20-26(4)53-38)27(5)34(28(6)37(47)55-31)56-32-22-40(9,52-14)42(50,29(7)54-32)18-16-17-19-51-13/h24-36,38,43,45-46,48-50H,15-23H2,1-14H3/t24-,25-,26-,27-,28-,29+,30+,31+,32?,33-,34-,35+,36-,38+,39-,40-,41-,42+/m1/s1. The van der Waals surface area contributed by atoms with Crippen LogP contribution in [-0.4, -0.2) is 168 Å². The van der Waals surface area contributed by atoms with Crippen molar-refractivity contribution in [2.45, 2.75) is 204 Å². The number of methoxy groups -OCH3 is 2. The number of nitrogens with one attached hydrogen (secondary N) is 1. The molecule has 0 aromatic rings. The van der Waals surface area contributed by atoms with Crippen LogP contribution in [-0.2, 0) is 38.0 Å². The number of esters is 1. The normalized spacial score (nSPS) is 47.3. The van der Waals surface area contributed by atoms with Gasteiger partial charge in [0.05, 0.1) is 42.0 Å². The highest BCUT2D eigenvalue weighted by atomic mass is 16.7. The average molecular weight is 821 g/mol. The van der Waals surface area contributed by atoms with E-state index in [0.29, 0.717) is 32.4 Å². The smallest absolute Gasteiger partial charge is 0.311 e. The summed E-state index contributed by atoms with van der Waals surface area (Å²) in [6.45, 7) is 18.5. The number of aliphatic hydroxyl groups excluding tert-OH is 2. The summed E-state index contributed by atoms with van der Waals surface area (Å²) in [5.41, 5.74) is -5.89. The summed E-state index contributed by atoms with van der Waals surface area (Å²) in [5, 5.41) is 62.8. The first kappa shape index (κ1) is 50.3. The molecule has 0 aromatic heterocycles. The Labute approximate surface area is 342 Å². The summed E-state index contributed by atoms with van der Waals surface area (Å²) >= 11 is 0. The van der Waals surface area contributed by atoms with Crippen LogP contribution in [0.1, 0.15) is 114 Å². The molecule has 0 bridgehead atoms. The zero-order valence-corrected chi connectivity index (χ0v) is 37.4. The minimum absolute atomic E-state index is 0.103. The van der Waals surface area contributed by atoms with Crippen molar-refractivity contribution in [2.75, 3.05) is 41.5 Å². The molecule has 57 heavy (non-hydrogen) atoms. The molecule has 0 aromatic carbocycles. The molecule has 15 nitrogen and oxygen atoms in total. The molecule has 3 aliphatic rings. The van der Waals surface area contributed by atoms with E-state index in [1.807, 2.05) is 46.7 Å². The van der Waals surface area contributed by atoms with E-state index in [0.717, 1.165) is 6.42 Å². The monoisotopic (exact) mass is 821 g/mol. The SMILES string of the molecule is CC[C@@H]1OC(=O)[C@H](C)[C@H](OC2C[C@@](C)(OC)[C@](O)(CCCCOC)[C@H](C)O2)[C@@H](C)[C@@H](O[C@@H]2O[C@H](C)C[C@H](N(C)C)[C@H]2O)[C@](C)(O)C[C@@H](C)NC[C@@H](C)[C@H](O)[C@]1(C)O. The largest absolute Gasteiger partial charge is 0.459 e. The molecule has 0 amide bonds. The first-order valence-corrected chi connectivity index (χ1v) is 21.2. The fourth-order valence-corrected chi connectivity index (χ4v) is 9.51. The summed E-state index contributed by atoms with van der Waals surface area (Å²) in [4.78, 5) is 16.3. The second-order valence-corrected chi connectivity index (χ2v) is 18.5. The number of hydrogen-bond donors (Lipinski definition) is 6. The third-order valence-corrected chi connectivity index (χ3v) is 13.4. The lowest BCUT2D eigenvalue weighted by Crippen LogP contribution is -2.66. The Balaban J connectivity index is 2.15. The van der Waals surface area contributed by atoms with Crippen LogP contribution in [0.4, 0.5) is 0 Å². The predicted molar refractivity (Wildman–Crippen MR) is 214 cm³/mol. The molecule has 3 aliphatic heterocycles. The van der Waals surface area contributed by atoms with E-state index >= 15 is 0 Å². The van der Waals surface area contributed by atoms with E-state index in [1.54, 1.807) is 48.8 Å². The number of cyclic esters (lactones) is 1. The number of carbonyl (C=O) groups excluding carboxylic acids is 1. The van der Waals surface area contributed by atoms with Crippen LogP contribution < -0.4 is 5.32 Å². The number of likely N-dealkylation sites (N-methyl/N-ethyl adjacent to an activating group) is 1. The molecule has 0 radical (unpaired) electrons. The number of rotatable bonds is 12. The van der Waals surface area contributed by atoms with E-state index in [-0.39, 0.29) is 37.5 Å². The van der Waals surface area contributed by atoms with E-state index in [9.17, 15) is 30.3 Å². The molecular formula is C42H80N2O13. The Morgan fingerprint density at radius 3 is 2.16 bits per heavy atom. The highest BCUT2D eigenvalue weighted by Crippen LogP contribution is 2.45. The van der Waals surface area contributed by atoms with Gasteiger partial charge in [0.15, 0.2) is 12.6 Å². The third kappa shape index (κ3) is 11.7. The maximum absolute atomic E-state index is 14.3.